The molecule has 1 unspecified atom stereocenters. The van der Waals surface area contributed by atoms with Gasteiger partial charge in [-0.3, -0.25) is 4.18 Å². The van der Waals surface area contributed by atoms with Gasteiger partial charge in [-0.1, -0.05) is 51.9 Å². The highest BCUT2D eigenvalue weighted by Gasteiger charge is 2.14. The van der Waals surface area contributed by atoms with Crippen molar-refractivity contribution in [3.8, 4) is 0 Å². The Kier molecular flexibility index (Phi) is 13.0. The number of rotatable bonds is 16. The van der Waals surface area contributed by atoms with Gasteiger partial charge in [-0.05, 0) is 19.3 Å². The second-order valence-corrected chi connectivity index (χ2v) is 7.19. The van der Waals surface area contributed by atoms with E-state index in [1.165, 1.54) is 6.42 Å². The Morgan fingerprint density at radius 1 is 1.00 bits per heavy atom. The highest BCUT2D eigenvalue weighted by atomic mass is 32.2. The number of unbranched alkanes of at least 4 members (excludes halogenated alkanes) is 6. The van der Waals surface area contributed by atoms with Crippen LogP contribution in [0.25, 0.3) is 0 Å². The fourth-order valence-electron chi connectivity index (χ4n) is 2.25. The molecule has 0 aliphatic heterocycles. The molecule has 0 aromatic carbocycles. The molecule has 0 bridgehead atoms. The Balaban J connectivity index is 3.67. The zero-order chi connectivity index (χ0) is 17.6. The lowest BCUT2D eigenvalue weighted by Gasteiger charge is -2.15. The summed E-state index contributed by atoms with van der Waals surface area (Å²) >= 11 is 0. The standard InChI is InChI=1S/C16H34O5S/c1-4-12-16(21-22(3,17)18)13-10-8-6-5-7-9-11-14-20-15-19-2/h16H,4-15H2,1-3H3/i16D. The van der Waals surface area contributed by atoms with E-state index in [-0.39, 0.29) is 0 Å². The van der Waals surface area contributed by atoms with Gasteiger partial charge < -0.3 is 9.47 Å². The maximum absolute atomic E-state index is 11.3. The average molecular weight is 340 g/mol. The summed E-state index contributed by atoms with van der Waals surface area (Å²) in [6.45, 7) is 3.04. The quantitative estimate of drug-likeness (QED) is 0.243. The third-order valence-electron chi connectivity index (χ3n) is 3.24. The number of hydrogen-bond donors (Lipinski definition) is 0. The molecule has 0 N–H and O–H groups in total. The van der Waals surface area contributed by atoms with E-state index in [1.54, 1.807) is 7.11 Å². The summed E-state index contributed by atoms with van der Waals surface area (Å²) in [6.07, 6.45) is 8.88. The van der Waals surface area contributed by atoms with Crippen molar-refractivity contribution in [1.82, 2.24) is 0 Å². The summed E-state index contributed by atoms with van der Waals surface area (Å²) in [5.74, 6) is 0. The monoisotopic (exact) mass is 339 g/mol. The second kappa shape index (κ2) is 14.4. The highest BCUT2D eigenvalue weighted by molar-refractivity contribution is 7.86. The highest BCUT2D eigenvalue weighted by Crippen LogP contribution is 2.15. The average Bonchev–Trinajstić information content (AvgIpc) is 2.43. The molecule has 134 valence electrons. The van der Waals surface area contributed by atoms with Crippen LogP contribution in [0.4, 0.5) is 0 Å². The molecule has 0 heterocycles. The van der Waals surface area contributed by atoms with Gasteiger partial charge in [-0.2, -0.15) is 8.42 Å². The molecule has 6 heteroatoms. The van der Waals surface area contributed by atoms with Gasteiger partial charge in [0.2, 0.25) is 0 Å². The summed E-state index contributed by atoms with van der Waals surface area (Å²) in [4.78, 5) is 0. The smallest absolute Gasteiger partial charge is 0.264 e. The summed E-state index contributed by atoms with van der Waals surface area (Å²) in [7, 11) is -1.96. The van der Waals surface area contributed by atoms with Gasteiger partial charge in [0, 0.05) is 13.7 Å². The molecule has 0 aliphatic carbocycles. The van der Waals surface area contributed by atoms with Crippen LogP contribution in [0.3, 0.4) is 0 Å². The van der Waals surface area contributed by atoms with Crippen molar-refractivity contribution in [3.63, 3.8) is 0 Å². The minimum Gasteiger partial charge on any atom is -0.359 e. The Morgan fingerprint density at radius 3 is 2.14 bits per heavy atom. The summed E-state index contributed by atoms with van der Waals surface area (Å²) in [5.41, 5.74) is 0. The van der Waals surface area contributed by atoms with Crippen LogP contribution in [0.5, 0.6) is 0 Å². The zero-order valence-corrected chi connectivity index (χ0v) is 15.3. The number of hydrogen-bond acceptors (Lipinski definition) is 5. The van der Waals surface area contributed by atoms with Gasteiger partial charge in [0.15, 0.2) is 0 Å². The first kappa shape index (κ1) is 19.9. The van der Waals surface area contributed by atoms with E-state index in [9.17, 15) is 8.42 Å². The number of methoxy groups -OCH3 is 1. The van der Waals surface area contributed by atoms with E-state index in [4.69, 9.17) is 15.0 Å². The molecule has 22 heavy (non-hydrogen) atoms. The Morgan fingerprint density at radius 2 is 1.59 bits per heavy atom. The molecular formula is C16H34O5S. The lowest BCUT2D eigenvalue weighted by Crippen LogP contribution is -2.17. The number of ether oxygens (including phenoxy) is 2. The van der Waals surface area contributed by atoms with Crippen LogP contribution in [-0.2, 0) is 23.8 Å². The fourth-order valence-corrected chi connectivity index (χ4v) is 2.85. The van der Waals surface area contributed by atoms with E-state index in [2.05, 4.69) is 0 Å². The molecule has 0 rings (SSSR count). The molecule has 1 atom stereocenters. The van der Waals surface area contributed by atoms with Crippen LogP contribution >= 0.6 is 0 Å². The van der Waals surface area contributed by atoms with Crippen LogP contribution in [0.2, 0.25) is 0 Å². The molecule has 0 aromatic rings. The maximum Gasteiger partial charge on any atom is 0.264 e. The van der Waals surface area contributed by atoms with Gasteiger partial charge in [0.1, 0.15) is 6.79 Å². The first-order chi connectivity index (χ1) is 10.8. The van der Waals surface area contributed by atoms with Gasteiger partial charge in [-0.25, -0.2) is 0 Å². The van der Waals surface area contributed by atoms with E-state index in [0.717, 1.165) is 57.8 Å². The third kappa shape index (κ3) is 16.2. The molecular weight excluding hydrogens is 304 g/mol. The van der Waals surface area contributed by atoms with Gasteiger partial charge in [0.05, 0.1) is 13.7 Å². The van der Waals surface area contributed by atoms with Crippen molar-refractivity contribution in [3.05, 3.63) is 0 Å². The fraction of sp³-hybridized carbons (Fsp3) is 1.00. The van der Waals surface area contributed by atoms with Gasteiger partial charge >= 0.3 is 0 Å². The predicted molar refractivity (Wildman–Crippen MR) is 89.4 cm³/mol. The van der Waals surface area contributed by atoms with Crippen LogP contribution in [0.1, 0.15) is 72.5 Å². The molecule has 0 aliphatic rings. The van der Waals surface area contributed by atoms with Crippen molar-refractivity contribution in [1.29, 1.82) is 0 Å². The summed E-state index contributed by atoms with van der Waals surface area (Å²) in [6, 6.07) is 0. The van der Waals surface area contributed by atoms with Crippen molar-refractivity contribution in [2.75, 3.05) is 26.8 Å². The zero-order valence-electron chi connectivity index (χ0n) is 15.4. The summed E-state index contributed by atoms with van der Waals surface area (Å²) < 4.78 is 45.7. The normalized spacial score (nSPS) is 15.5. The maximum atomic E-state index is 11.3. The van der Waals surface area contributed by atoms with Gasteiger partial charge in [-0.15, -0.1) is 0 Å². The van der Waals surface area contributed by atoms with E-state index in [1.807, 2.05) is 6.92 Å². The second-order valence-electron chi connectivity index (χ2n) is 5.62. The van der Waals surface area contributed by atoms with Crippen LogP contribution in [0, 0.1) is 0 Å². The van der Waals surface area contributed by atoms with E-state index < -0.39 is 16.2 Å². The molecule has 0 aromatic heterocycles. The summed E-state index contributed by atoms with van der Waals surface area (Å²) in [5, 5.41) is 0. The molecule has 0 spiro atoms. The lowest BCUT2D eigenvalue weighted by atomic mass is 10.0. The Labute approximate surface area is 138 Å². The Hall–Kier alpha value is -0.170. The topological polar surface area (TPSA) is 61.8 Å². The van der Waals surface area contributed by atoms with Crippen molar-refractivity contribution >= 4 is 10.1 Å². The van der Waals surface area contributed by atoms with Crippen LogP contribution in [0.15, 0.2) is 0 Å². The SMILES string of the molecule is [2H]C(CCC)(CCCCCCCCCOCOC)OS(C)(=O)=O. The first-order valence-electron chi connectivity index (χ1n) is 8.80. The molecule has 0 radical (unpaired) electrons. The minimum atomic E-state index is -3.58. The van der Waals surface area contributed by atoms with Crippen molar-refractivity contribution in [2.45, 2.75) is 77.2 Å². The lowest BCUT2D eigenvalue weighted by molar-refractivity contribution is -0.0315. The largest absolute Gasteiger partial charge is 0.359 e. The predicted octanol–water partition coefficient (Wildman–Crippen LogP) is 3.87. The first-order valence-corrected chi connectivity index (χ1v) is 10.1. The van der Waals surface area contributed by atoms with Gasteiger partial charge in [0.25, 0.3) is 10.1 Å². The van der Waals surface area contributed by atoms with Crippen molar-refractivity contribution < 1.29 is 23.4 Å². The molecule has 0 amide bonds. The minimum absolute atomic E-state index is 0.363. The molecule has 0 fully saturated rings. The van der Waals surface area contributed by atoms with Crippen molar-refractivity contribution in [2.24, 2.45) is 0 Å². The Bertz CT molecular complexity index is 375. The van der Waals surface area contributed by atoms with E-state index in [0.29, 0.717) is 19.6 Å². The van der Waals surface area contributed by atoms with E-state index >= 15 is 0 Å². The third-order valence-corrected chi connectivity index (χ3v) is 3.78. The van der Waals surface area contributed by atoms with Crippen LogP contribution < -0.4 is 0 Å². The molecule has 0 saturated carbocycles. The van der Waals surface area contributed by atoms with Crippen LogP contribution in [-0.4, -0.2) is 41.3 Å². The molecule has 5 nitrogen and oxygen atoms in total. The molecule has 0 saturated heterocycles.